The molecule has 1 fully saturated rings. The van der Waals surface area contributed by atoms with Gasteiger partial charge in [0.15, 0.2) is 5.82 Å². The first-order chi connectivity index (χ1) is 20.8. The predicted octanol–water partition coefficient (Wildman–Crippen LogP) is 6.04. The Morgan fingerprint density at radius 1 is 1.09 bits per heavy atom. The maximum atomic E-state index is 16.0. The number of hydrogen-bond donors (Lipinski definition) is 4. The van der Waals surface area contributed by atoms with Crippen LogP contribution in [-0.2, 0) is 15.0 Å². The minimum Gasteiger partial charge on any atom is -0.494 e. The number of fused-ring (bicyclic) bond motifs is 2. The highest BCUT2D eigenvalue weighted by Gasteiger charge is 2.66. The van der Waals surface area contributed by atoms with E-state index in [2.05, 4.69) is 16.0 Å². The molecule has 3 aromatic carbocycles. The van der Waals surface area contributed by atoms with Crippen molar-refractivity contribution in [3.63, 3.8) is 0 Å². The summed E-state index contributed by atoms with van der Waals surface area (Å²) in [5.74, 6) is -3.23. The van der Waals surface area contributed by atoms with E-state index >= 15 is 8.78 Å². The van der Waals surface area contributed by atoms with Gasteiger partial charge in [-0.15, -0.1) is 0 Å². The lowest BCUT2D eigenvalue weighted by Crippen LogP contribution is -2.49. The molecule has 2 aliphatic rings. The van der Waals surface area contributed by atoms with Crippen molar-refractivity contribution < 1.29 is 33.0 Å². The molecule has 0 unspecified atom stereocenters. The van der Waals surface area contributed by atoms with Crippen LogP contribution in [0.15, 0.2) is 48.5 Å². The van der Waals surface area contributed by atoms with Crippen molar-refractivity contribution >= 4 is 46.4 Å². The van der Waals surface area contributed by atoms with Gasteiger partial charge in [-0.2, -0.15) is 0 Å². The van der Waals surface area contributed by atoms with Gasteiger partial charge in [-0.25, -0.2) is 8.78 Å². The van der Waals surface area contributed by atoms with E-state index in [9.17, 15) is 9.59 Å². The second-order valence-corrected chi connectivity index (χ2v) is 12.9. The summed E-state index contributed by atoms with van der Waals surface area (Å²) < 4.78 is 42.3. The molecule has 2 heterocycles. The number of carbonyl (C=O) groups excluding carboxylic acids is 2. The molecule has 4 N–H and O–H groups in total. The quantitative estimate of drug-likeness (QED) is 0.237. The number of ether oxygens (including phenoxy) is 2. The van der Waals surface area contributed by atoms with Gasteiger partial charge in [0.1, 0.15) is 29.3 Å². The molecule has 1 saturated heterocycles. The number of amides is 2. The number of halogens is 4. The van der Waals surface area contributed by atoms with Gasteiger partial charge in [0.05, 0.1) is 41.2 Å². The number of aliphatic hydroxyl groups excluding tert-OH is 1. The molecule has 0 aliphatic carbocycles. The number of aliphatic hydroxyl groups is 1. The molecule has 0 aromatic heterocycles. The van der Waals surface area contributed by atoms with E-state index in [1.807, 2.05) is 20.8 Å². The fourth-order valence-electron chi connectivity index (χ4n) is 6.42. The van der Waals surface area contributed by atoms with Gasteiger partial charge >= 0.3 is 0 Å². The molecule has 8 nitrogen and oxygen atoms in total. The fourth-order valence-corrected chi connectivity index (χ4v) is 6.76. The molecule has 2 amide bonds. The van der Waals surface area contributed by atoms with E-state index in [1.54, 1.807) is 30.3 Å². The molecule has 5 rings (SSSR count). The summed E-state index contributed by atoms with van der Waals surface area (Å²) in [6, 6.07) is 10.1. The van der Waals surface area contributed by atoms with Crippen LogP contribution in [0.4, 0.5) is 20.2 Å². The van der Waals surface area contributed by atoms with Gasteiger partial charge in [0.2, 0.25) is 11.8 Å². The second-order valence-electron chi connectivity index (χ2n) is 12.1. The highest BCUT2D eigenvalue weighted by atomic mass is 35.5. The first-order valence-electron chi connectivity index (χ1n) is 14.1. The average Bonchev–Trinajstić information content (AvgIpc) is 3.46. The van der Waals surface area contributed by atoms with Gasteiger partial charge in [0.25, 0.3) is 0 Å². The van der Waals surface area contributed by atoms with Crippen LogP contribution in [0.25, 0.3) is 0 Å². The largest absolute Gasteiger partial charge is 0.494 e. The lowest BCUT2D eigenvalue weighted by atomic mass is 9.62. The molecular weight excluding hydrogens is 615 g/mol. The minimum absolute atomic E-state index is 0.0274. The van der Waals surface area contributed by atoms with Gasteiger partial charge in [-0.1, -0.05) is 62.2 Å². The van der Waals surface area contributed by atoms with Crippen LogP contribution in [0.5, 0.6) is 11.5 Å². The van der Waals surface area contributed by atoms with Gasteiger partial charge < -0.3 is 30.5 Å². The van der Waals surface area contributed by atoms with Crippen molar-refractivity contribution in [2.45, 2.75) is 50.6 Å². The average molecular weight is 649 g/mol. The third-order valence-corrected chi connectivity index (χ3v) is 8.70. The summed E-state index contributed by atoms with van der Waals surface area (Å²) in [7, 11) is 1.42. The number of anilines is 2. The Morgan fingerprint density at radius 2 is 1.82 bits per heavy atom. The van der Waals surface area contributed by atoms with E-state index in [-0.39, 0.29) is 51.2 Å². The van der Waals surface area contributed by atoms with Crippen LogP contribution in [0.3, 0.4) is 0 Å². The summed E-state index contributed by atoms with van der Waals surface area (Å²) in [4.78, 5) is 28.5. The Balaban J connectivity index is 1.68. The second kappa shape index (κ2) is 12.2. The van der Waals surface area contributed by atoms with Crippen LogP contribution in [0.2, 0.25) is 10.0 Å². The van der Waals surface area contributed by atoms with Crippen molar-refractivity contribution in [2.75, 3.05) is 31.0 Å². The number of nitrogens with one attached hydrogen (secondary N) is 3. The molecule has 0 saturated carbocycles. The highest BCUT2D eigenvalue weighted by molar-refractivity contribution is 6.31. The third kappa shape index (κ3) is 5.49. The fraction of sp³-hybridized carbons (Fsp3) is 0.375. The molecule has 4 atom stereocenters. The summed E-state index contributed by atoms with van der Waals surface area (Å²) in [5, 5.41) is 17.6. The predicted molar refractivity (Wildman–Crippen MR) is 165 cm³/mol. The zero-order valence-electron chi connectivity index (χ0n) is 24.6. The zero-order chi connectivity index (χ0) is 32.0. The Labute approximate surface area is 264 Å². The summed E-state index contributed by atoms with van der Waals surface area (Å²) in [5.41, 5.74) is -1.49. The van der Waals surface area contributed by atoms with Crippen LogP contribution >= 0.6 is 23.2 Å². The van der Waals surface area contributed by atoms with E-state index in [0.29, 0.717) is 17.9 Å². The Hall–Kier alpha value is -3.44. The topological polar surface area (TPSA) is 109 Å². The third-order valence-electron chi connectivity index (χ3n) is 8.12. The first kappa shape index (κ1) is 32.0. The van der Waals surface area contributed by atoms with Crippen molar-refractivity contribution in [3.8, 4) is 11.5 Å². The van der Waals surface area contributed by atoms with E-state index in [0.717, 1.165) is 0 Å². The number of hydrogen-bond acceptors (Lipinski definition) is 6. The summed E-state index contributed by atoms with van der Waals surface area (Å²) >= 11 is 12.3. The molecular formula is C32H33Cl2F2N3O5. The van der Waals surface area contributed by atoms with Crippen molar-refractivity contribution in [1.29, 1.82) is 0 Å². The van der Waals surface area contributed by atoms with Gasteiger partial charge in [0, 0.05) is 18.0 Å². The molecule has 234 valence electrons. The monoisotopic (exact) mass is 647 g/mol. The van der Waals surface area contributed by atoms with Crippen molar-refractivity contribution in [2.24, 2.45) is 5.41 Å². The lowest BCUT2D eigenvalue weighted by molar-refractivity contribution is -0.122. The van der Waals surface area contributed by atoms with E-state index < -0.39 is 46.9 Å². The van der Waals surface area contributed by atoms with Crippen LogP contribution in [0.1, 0.15) is 44.2 Å². The molecule has 44 heavy (non-hydrogen) atoms. The molecule has 0 radical (unpaired) electrons. The van der Waals surface area contributed by atoms with Crippen LogP contribution < -0.4 is 25.4 Å². The maximum absolute atomic E-state index is 16.0. The lowest BCUT2D eigenvalue weighted by Gasteiger charge is -2.37. The SMILES string of the molecule is COc1cc(OCCO)ccc1NC(=O)[C@@H]1N[C@@H](CC(C)(C)C)[C@@]2(C(=O)Nc3c2ccc(Cl)c3F)[C@H]1c1cccc(Cl)c1F. The summed E-state index contributed by atoms with van der Waals surface area (Å²) in [6.07, 6.45) is 0.368. The highest BCUT2D eigenvalue weighted by Crippen LogP contribution is 2.58. The Morgan fingerprint density at radius 3 is 2.50 bits per heavy atom. The Kier molecular flexibility index (Phi) is 8.83. The smallest absolute Gasteiger partial charge is 0.242 e. The van der Waals surface area contributed by atoms with Crippen molar-refractivity contribution in [3.05, 3.63) is 81.3 Å². The number of rotatable bonds is 8. The molecule has 2 aliphatic heterocycles. The van der Waals surface area contributed by atoms with Crippen LogP contribution in [-0.4, -0.2) is 49.3 Å². The number of benzene rings is 3. The maximum Gasteiger partial charge on any atom is 0.242 e. The molecule has 3 aromatic rings. The Bertz CT molecular complexity index is 1620. The molecule has 1 spiro atoms. The number of methoxy groups -OCH3 is 1. The summed E-state index contributed by atoms with van der Waals surface area (Å²) in [6.45, 7) is 5.82. The molecule has 0 bridgehead atoms. The van der Waals surface area contributed by atoms with E-state index in [1.165, 1.54) is 25.3 Å². The normalized spacial score (nSPS) is 22.6. The minimum atomic E-state index is -1.62. The van der Waals surface area contributed by atoms with E-state index in [4.69, 9.17) is 37.8 Å². The standard InChI is InChI=1S/C32H33Cl2F2N3O5/c1-31(2,3)15-23-32(18-9-10-20(34)26(36)27(18)39-30(32)42)24(17-6-5-7-19(33)25(17)35)28(38-23)29(41)37-21-11-8-16(44-13-12-40)14-22(21)43-4/h5-11,14,23-24,28,38,40H,12-13,15H2,1-4H3,(H,37,41)(H,39,42)/t23-,24-,28+,32+/m0/s1. The molecule has 12 heteroatoms. The number of carbonyl (C=O) groups is 2. The van der Waals surface area contributed by atoms with Gasteiger partial charge in [-0.3, -0.25) is 9.59 Å². The van der Waals surface area contributed by atoms with Gasteiger partial charge in [-0.05, 0) is 47.2 Å². The van der Waals surface area contributed by atoms with Crippen LogP contribution in [0, 0.1) is 17.0 Å². The van der Waals surface area contributed by atoms with Crippen molar-refractivity contribution in [1.82, 2.24) is 5.32 Å². The first-order valence-corrected chi connectivity index (χ1v) is 14.8. The zero-order valence-corrected chi connectivity index (χ0v) is 26.1.